The van der Waals surface area contributed by atoms with Crippen LogP contribution in [0.4, 0.5) is 0 Å². The molecular formula is C15H21NO4S. The summed E-state index contributed by atoms with van der Waals surface area (Å²) in [5, 5.41) is 11.6. The summed E-state index contributed by atoms with van der Waals surface area (Å²) in [6, 6.07) is 8.99. The number of carbonyl (C=O) groups excluding carboxylic acids is 1. The number of nitrogens with one attached hydrogen (secondary N) is 1. The summed E-state index contributed by atoms with van der Waals surface area (Å²) in [7, 11) is 1.56. The van der Waals surface area contributed by atoms with Crippen LogP contribution in [-0.4, -0.2) is 42.5 Å². The van der Waals surface area contributed by atoms with Crippen molar-refractivity contribution in [2.24, 2.45) is 0 Å². The average molecular weight is 311 g/mol. The maximum atomic E-state index is 11.8. The van der Waals surface area contributed by atoms with Gasteiger partial charge in [0.05, 0.1) is 5.75 Å². The van der Waals surface area contributed by atoms with Crippen molar-refractivity contribution in [1.29, 1.82) is 0 Å². The molecule has 2 N–H and O–H groups in total. The zero-order chi connectivity index (χ0) is 15.5. The molecule has 0 heterocycles. The van der Waals surface area contributed by atoms with Crippen LogP contribution in [0.2, 0.25) is 0 Å². The Bertz CT molecular complexity index is 439. The minimum atomic E-state index is -1.01. The van der Waals surface area contributed by atoms with Gasteiger partial charge in [0.1, 0.15) is 6.04 Å². The standard InChI is InChI=1S/C15H21NO4S/c1-20-9-5-8-13(15(18)19)16-14(17)11-21-10-12-6-3-2-4-7-12/h2-4,6-7,13H,5,8-11H2,1H3,(H,16,17)(H,18,19). The number of ether oxygens (including phenoxy) is 1. The van der Waals surface area contributed by atoms with Gasteiger partial charge < -0.3 is 15.2 Å². The maximum Gasteiger partial charge on any atom is 0.326 e. The molecule has 116 valence electrons. The molecule has 5 nitrogen and oxygen atoms in total. The highest BCUT2D eigenvalue weighted by Crippen LogP contribution is 2.11. The predicted octanol–water partition coefficient (Wildman–Crippen LogP) is 1.92. The number of methoxy groups -OCH3 is 1. The van der Waals surface area contributed by atoms with Crippen molar-refractivity contribution in [3.8, 4) is 0 Å². The van der Waals surface area contributed by atoms with E-state index < -0.39 is 12.0 Å². The molecule has 0 aromatic heterocycles. The summed E-state index contributed by atoms with van der Waals surface area (Å²) in [4.78, 5) is 22.8. The summed E-state index contributed by atoms with van der Waals surface area (Å²) in [6.07, 6.45) is 0.975. The number of amides is 1. The van der Waals surface area contributed by atoms with Gasteiger partial charge in [-0.3, -0.25) is 4.79 Å². The number of rotatable bonds is 10. The number of aliphatic carboxylic acids is 1. The van der Waals surface area contributed by atoms with Crippen LogP contribution >= 0.6 is 11.8 Å². The van der Waals surface area contributed by atoms with Crippen LogP contribution in [0.5, 0.6) is 0 Å². The molecule has 1 aromatic carbocycles. The molecule has 1 rings (SSSR count). The molecular weight excluding hydrogens is 290 g/mol. The third kappa shape index (κ3) is 7.72. The van der Waals surface area contributed by atoms with Gasteiger partial charge in [-0.2, -0.15) is 0 Å². The summed E-state index contributed by atoms with van der Waals surface area (Å²) in [5.74, 6) is -0.271. The van der Waals surface area contributed by atoms with E-state index in [4.69, 9.17) is 9.84 Å². The molecule has 0 aliphatic carbocycles. The van der Waals surface area contributed by atoms with Crippen molar-refractivity contribution in [3.05, 3.63) is 35.9 Å². The van der Waals surface area contributed by atoms with Gasteiger partial charge in [0.2, 0.25) is 5.91 Å². The Balaban J connectivity index is 2.28. The third-order valence-electron chi connectivity index (χ3n) is 2.82. The summed E-state index contributed by atoms with van der Waals surface area (Å²) < 4.78 is 4.88. The summed E-state index contributed by atoms with van der Waals surface area (Å²) in [5.41, 5.74) is 1.14. The highest BCUT2D eigenvalue weighted by Gasteiger charge is 2.19. The van der Waals surface area contributed by atoms with Crippen LogP contribution in [0.15, 0.2) is 30.3 Å². The van der Waals surface area contributed by atoms with Crippen molar-refractivity contribution in [3.63, 3.8) is 0 Å². The lowest BCUT2D eigenvalue weighted by molar-refractivity contribution is -0.141. The molecule has 21 heavy (non-hydrogen) atoms. The molecule has 0 fully saturated rings. The lowest BCUT2D eigenvalue weighted by atomic mass is 10.1. The van der Waals surface area contributed by atoms with E-state index in [0.29, 0.717) is 19.4 Å². The van der Waals surface area contributed by atoms with Crippen LogP contribution in [0, 0.1) is 0 Å². The number of carbonyl (C=O) groups is 2. The van der Waals surface area contributed by atoms with E-state index in [2.05, 4.69) is 5.32 Å². The average Bonchev–Trinajstić information content (AvgIpc) is 2.47. The maximum absolute atomic E-state index is 11.8. The second kappa shape index (κ2) is 10.2. The fourth-order valence-corrected chi connectivity index (χ4v) is 2.56. The first-order valence-electron chi connectivity index (χ1n) is 6.76. The Kier molecular flexibility index (Phi) is 8.54. The zero-order valence-electron chi connectivity index (χ0n) is 12.1. The number of benzene rings is 1. The molecule has 0 radical (unpaired) electrons. The highest BCUT2D eigenvalue weighted by atomic mass is 32.2. The van der Waals surface area contributed by atoms with E-state index in [9.17, 15) is 9.59 Å². The van der Waals surface area contributed by atoms with E-state index in [0.717, 1.165) is 11.3 Å². The van der Waals surface area contributed by atoms with Crippen LogP contribution in [0.25, 0.3) is 0 Å². The first-order chi connectivity index (χ1) is 10.1. The van der Waals surface area contributed by atoms with Crippen molar-refractivity contribution in [1.82, 2.24) is 5.32 Å². The summed E-state index contributed by atoms with van der Waals surface area (Å²) >= 11 is 1.47. The van der Waals surface area contributed by atoms with Crippen molar-refractivity contribution in [2.45, 2.75) is 24.6 Å². The van der Waals surface area contributed by atoms with Gasteiger partial charge in [0.25, 0.3) is 0 Å². The molecule has 0 aliphatic heterocycles. The fraction of sp³-hybridized carbons (Fsp3) is 0.467. The van der Waals surface area contributed by atoms with E-state index in [1.54, 1.807) is 7.11 Å². The van der Waals surface area contributed by atoms with Crippen LogP contribution in [-0.2, 0) is 20.1 Å². The largest absolute Gasteiger partial charge is 0.480 e. The Labute approximate surface area is 129 Å². The molecule has 1 amide bonds. The second-order valence-corrected chi connectivity index (χ2v) is 5.56. The lowest BCUT2D eigenvalue weighted by Gasteiger charge is -2.14. The van der Waals surface area contributed by atoms with Crippen molar-refractivity contribution in [2.75, 3.05) is 19.5 Å². The third-order valence-corrected chi connectivity index (χ3v) is 3.82. The number of hydrogen-bond donors (Lipinski definition) is 2. The molecule has 6 heteroatoms. The van der Waals surface area contributed by atoms with E-state index in [1.807, 2.05) is 30.3 Å². The van der Waals surface area contributed by atoms with Gasteiger partial charge in [-0.25, -0.2) is 4.79 Å². The van der Waals surface area contributed by atoms with Crippen LogP contribution in [0.3, 0.4) is 0 Å². The van der Waals surface area contributed by atoms with Gasteiger partial charge in [-0.05, 0) is 18.4 Å². The van der Waals surface area contributed by atoms with Gasteiger partial charge in [-0.1, -0.05) is 30.3 Å². The molecule has 1 unspecified atom stereocenters. The quantitative estimate of drug-likeness (QED) is 0.646. The second-order valence-electron chi connectivity index (χ2n) is 4.57. The van der Waals surface area contributed by atoms with Gasteiger partial charge in [-0.15, -0.1) is 11.8 Å². The van der Waals surface area contributed by atoms with E-state index in [-0.39, 0.29) is 11.7 Å². The Morgan fingerprint density at radius 3 is 2.67 bits per heavy atom. The normalized spacial score (nSPS) is 11.9. The van der Waals surface area contributed by atoms with E-state index >= 15 is 0 Å². The topological polar surface area (TPSA) is 75.6 Å². The first kappa shape index (κ1) is 17.5. The predicted molar refractivity (Wildman–Crippen MR) is 83.3 cm³/mol. The zero-order valence-corrected chi connectivity index (χ0v) is 12.9. The fourth-order valence-electron chi connectivity index (χ4n) is 1.76. The number of carboxylic acid groups (broad SMARTS) is 1. The van der Waals surface area contributed by atoms with Gasteiger partial charge >= 0.3 is 5.97 Å². The molecule has 0 bridgehead atoms. The van der Waals surface area contributed by atoms with Crippen molar-refractivity contribution >= 4 is 23.6 Å². The Hall–Kier alpha value is -1.53. The van der Waals surface area contributed by atoms with Crippen molar-refractivity contribution < 1.29 is 19.4 Å². The SMILES string of the molecule is COCCCC(NC(=O)CSCc1ccccc1)C(=O)O. The minimum Gasteiger partial charge on any atom is -0.480 e. The van der Waals surface area contributed by atoms with Gasteiger partial charge in [0.15, 0.2) is 0 Å². The summed E-state index contributed by atoms with van der Waals surface area (Å²) in [6.45, 7) is 0.488. The number of thioether (sulfide) groups is 1. The minimum absolute atomic E-state index is 0.249. The molecule has 0 spiro atoms. The Morgan fingerprint density at radius 2 is 2.05 bits per heavy atom. The Morgan fingerprint density at radius 1 is 1.33 bits per heavy atom. The van der Waals surface area contributed by atoms with Crippen LogP contribution < -0.4 is 5.32 Å². The number of hydrogen-bond acceptors (Lipinski definition) is 4. The molecule has 1 atom stereocenters. The molecule has 0 saturated carbocycles. The lowest BCUT2D eigenvalue weighted by Crippen LogP contribution is -2.41. The molecule has 0 saturated heterocycles. The monoisotopic (exact) mass is 311 g/mol. The first-order valence-corrected chi connectivity index (χ1v) is 7.91. The highest BCUT2D eigenvalue weighted by molar-refractivity contribution is 7.99. The van der Waals surface area contributed by atoms with Gasteiger partial charge in [0, 0.05) is 19.5 Å². The number of carboxylic acids is 1. The van der Waals surface area contributed by atoms with E-state index in [1.165, 1.54) is 11.8 Å². The smallest absolute Gasteiger partial charge is 0.326 e. The van der Waals surface area contributed by atoms with Crippen LogP contribution in [0.1, 0.15) is 18.4 Å². The molecule has 1 aromatic rings. The molecule has 0 aliphatic rings.